The topological polar surface area (TPSA) is 97.1 Å². The minimum atomic E-state index is -0.335. The van der Waals surface area contributed by atoms with Crippen LogP contribution in [0, 0.1) is 0 Å². The Morgan fingerprint density at radius 2 is 1.92 bits per heavy atom. The molecule has 0 spiro atoms. The van der Waals surface area contributed by atoms with Gasteiger partial charge in [-0.15, -0.1) is 0 Å². The van der Waals surface area contributed by atoms with Gasteiger partial charge in [0, 0.05) is 25.8 Å². The van der Waals surface area contributed by atoms with E-state index >= 15 is 0 Å². The van der Waals surface area contributed by atoms with E-state index in [1.54, 1.807) is 0 Å². The number of nitrogens with zero attached hydrogens (tertiary/aromatic N) is 2. The van der Waals surface area contributed by atoms with Gasteiger partial charge >= 0.3 is 0 Å². The zero-order valence-corrected chi connectivity index (χ0v) is 15.5. The van der Waals surface area contributed by atoms with Gasteiger partial charge in [0.15, 0.2) is 5.82 Å². The number of hydrogen-bond acceptors (Lipinski definition) is 5. The monoisotopic (exact) mass is 358 g/mol. The highest BCUT2D eigenvalue weighted by Crippen LogP contribution is 2.16. The summed E-state index contributed by atoms with van der Waals surface area (Å²) < 4.78 is 5.18. The Labute approximate surface area is 153 Å². The standard InChI is InChI=1S/C19H26N4O3/c1-13(2)19-22-18(26-23-19)10-7-11-20-17(25)12-16(21-14(3)24)15-8-5-4-6-9-15/h4-6,8-9,13,16H,7,10-12H2,1-3H3,(H,20,25)(H,21,24). The van der Waals surface area contributed by atoms with Crippen molar-refractivity contribution < 1.29 is 14.1 Å². The van der Waals surface area contributed by atoms with Crippen LogP contribution in [0.3, 0.4) is 0 Å². The first-order valence-electron chi connectivity index (χ1n) is 8.87. The smallest absolute Gasteiger partial charge is 0.226 e. The van der Waals surface area contributed by atoms with Crippen LogP contribution in [0.15, 0.2) is 34.9 Å². The molecule has 0 aliphatic rings. The highest BCUT2D eigenvalue weighted by atomic mass is 16.5. The molecule has 2 aromatic rings. The molecule has 7 heteroatoms. The van der Waals surface area contributed by atoms with Crippen molar-refractivity contribution in [3.8, 4) is 0 Å². The Bertz CT molecular complexity index is 713. The average molecular weight is 358 g/mol. The second-order valence-corrected chi connectivity index (χ2v) is 6.52. The third-order valence-corrected chi connectivity index (χ3v) is 3.86. The third-order valence-electron chi connectivity index (χ3n) is 3.86. The highest BCUT2D eigenvalue weighted by Gasteiger charge is 2.16. The predicted octanol–water partition coefficient (Wildman–Crippen LogP) is 2.51. The maximum Gasteiger partial charge on any atom is 0.226 e. The lowest BCUT2D eigenvalue weighted by molar-refractivity contribution is -0.122. The van der Waals surface area contributed by atoms with E-state index in [4.69, 9.17) is 4.52 Å². The van der Waals surface area contributed by atoms with Crippen LogP contribution in [-0.2, 0) is 16.0 Å². The Balaban J connectivity index is 1.77. The lowest BCUT2D eigenvalue weighted by Gasteiger charge is -2.18. The van der Waals surface area contributed by atoms with E-state index in [9.17, 15) is 9.59 Å². The Morgan fingerprint density at radius 1 is 1.19 bits per heavy atom. The Hall–Kier alpha value is -2.70. The zero-order chi connectivity index (χ0) is 18.9. The number of nitrogens with one attached hydrogen (secondary N) is 2. The third kappa shape index (κ3) is 6.31. The molecule has 0 saturated carbocycles. The van der Waals surface area contributed by atoms with Crippen LogP contribution in [0.2, 0.25) is 0 Å². The molecule has 0 aliphatic heterocycles. The second-order valence-electron chi connectivity index (χ2n) is 6.52. The summed E-state index contributed by atoms with van der Waals surface area (Å²) in [6, 6.07) is 9.14. The van der Waals surface area contributed by atoms with Gasteiger partial charge in [0.1, 0.15) is 0 Å². The fraction of sp³-hybridized carbons (Fsp3) is 0.474. The average Bonchev–Trinajstić information content (AvgIpc) is 3.08. The number of aryl methyl sites for hydroxylation is 1. The first-order valence-corrected chi connectivity index (χ1v) is 8.87. The second kappa shape index (κ2) is 9.70. The number of benzene rings is 1. The maximum absolute atomic E-state index is 12.2. The molecular weight excluding hydrogens is 332 g/mol. The molecule has 26 heavy (non-hydrogen) atoms. The summed E-state index contributed by atoms with van der Waals surface area (Å²) in [5.74, 6) is 1.24. The zero-order valence-electron chi connectivity index (χ0n) is 15.5. The van der Waals surface area contributed by atoms with Crippen molar-refractivity contribution in [2.45, 2.75) is 52.0 Å². The predicted molar refractivity (Wildman–Crippen MR) is 97.3 cm³/mol. The van der Waals surface area contributed by atoms with Crippen LogP contribution < -0.4 is 10.6 Å². The lowest BCUT2D eigenvalue weighted by Crippen LogP contribution is -2.33. The van der Waals surface area contributed by atoms with Crippen molar-refractivity contribution in [1.82, 2.24) is 20.8 Å². The van der Waals surface area contributed by atoms with Crippen LogP contribution >= 0.6 is 0 Å². The van der Waals surface area contributed by atoms with E-state index in [0.717, 1.165) is 5.56 Å². The molecule has 0 aliphatic carbocycles. The number of aromatic nitrogens is 2. The quantitative estimate of drug-likeness (QED) is 0.671. The summed E-state index contributed by atoms with van der Waals surface area (Å²) in [5.41, 5.74) is 0.907. The van der Waals surface area contributed by atoms with E-state index in [1.807, 2.05) is 44.2 Å². The first kappa shape index (κ1) is 19.6. The van der Waals surface area contributed by atoms with Crippen molar-refractivity contribution >= 4 is 11.8 Å². The number of carbonyl (C=O) groups excluding carboxylic acids is 2. The molecule has 0 saturated heterocycles. The molecule has 7 nitrogen and oxygen atoms in total. The van der Waals surface area contributed by atoms with Gasteiger partial charge in [-0.1, -0.05) is 49.3 Å². The van der Waals surface area contributed by atoms with E-state index in [2.05, 4.69) is 20.8 Å². The van der Waals surface area contributed by atoms with Crippen molar-refractivity contribution in [2.75, 3.05) is 6.54 Å². The molecule has 0 fully saturated rings. The number of carbonyl (C=O) groups is 2. The number of hydrogen-bond donors (Lipinski definition) is 2. The molecule has 1 aromatic carbocycles. The molecule has 0 radical (unpaired) electrons. The first-order chi connectivity index (χ1) is 12.5. The molecule has 2 amide bonds. The Morgan fingerprint density at radius 3 is 2.54 bits per heavy atom. The number of rotatable bonds is 9. The van der Waals surface area contributed by atoms with Gasteiger partial charge in [0.25, 0.3) is 0 Å². The van der Waals surface area contributed by atoms with Crippen LogP contribution in [0.25, 0.3) is 0 Å². The number of amides is 2. The maximum atomic E-state index is 12.2. The largest absolute Gasteiger partial charge is 0.356 e. The van der Waals surface area contributed by atoms with Crippen LogP contribution in [0.5, 0.6) is 0 Å². The van der Waals surface area contributed by atoms with Crippen LogP contribution in [0.4, 0.5) is 0 Å². The minimum absolute atomic E-state index is 0.110. The van der Waals surface area contributed by atoms with Crippen molar-refractivity contribution in [2.24, 2.45) is 0 Å². The molecule has 140 valence electrons. The van der Waals surface area contributed by atoms with Crippen LogP contribution in [0.1, 0.15) is 62.9 Å². The van der Waals surface area contributed by atoms with Gasteiger partial charge < -0.3 is 15.2 Å². The summed E-state index contributed by atoms with van der Waals surface area (Å²) in [5, 5.41) is 9.62. The van der Waals surface area contributed by atoms with E-state index in [0.29, 0.717) is 31.1 Å². The molecule has 1 unspecified atom stereocenters. The summed E-state index contributed by atoms with van der Waals surface area (Å²) >= 11 is 0. The van der Waals surface area contributed by atoms with Gasteiger partial charge in [0.05, 0.1) is 12.5 Å². The fourth-order valence-corrected chi connectivity index (χ4v) is 2.51. The van der Waals surface area contributed by atoms with Crippen molar-refractivity contribution in [3.63, 3.8) is 0 Å². The molecule has 1 heterocycles. The highest BCUT2D eigenvalue weighted by molar-refractivity contribution is 5.79. The molecular formula is C19H26N4O3. The van der Waals surface area contributed by atoms with Crippen LogP contribution in [-0.4, -0.2) is 28.5 Å². The Kier molecular flexibility index (Phi) is 7.32. The summed E-state index contributed by atoms with van der Waals surface area (Å²) in [4.78, 5) is 27.9. The lowest BCUT2D eigenvalue weighted by atomic mass is 10.0. The SMILES string of the molecule is CC(=O)NC(CC(=O)NCCCc1nc(C(C)C)no1)c1ccccc1. The van der Waals surface area contributed by atoms with Gasteiger partial charge in [-0.05, 0) is 12.0 Å². The van der Waals surface area contributed by atoms with Crippen molar-refractivity contribution in [1.29, 1.82) is 0 Å². The normalized spacial score (nSPS) is 12.0. The van der Waals surface area contributed by atoms with E-state index in [-0.39, 0.29) is 30.2 Å². The van der Waals surface area contributed by atoms with Gasteiger partial charge in [-0.2, -0.15) is 4.98 Å². The molecule has 2 N–H and O–H groups in total. The van der Waals surface area contributed by atoms with Gasteiger partial charge in [0.2, 0.25) is 17.7 Å². The summed E-state index contributed by atoms with van der Waals surface area (Å²) in [6.45, 7) is 5.98. The van der Waals surface area contributed by atoms with Crippen molar-refractivity contribution in [3.05, 3.63) is 47.6 Å². The summed E-state index contributed by atoms with van der Waals surface area (Å²) in [6.07, 6.45) is 1.52. The molecule has 1 aromatic heterocycles. The molecule has 0 bridgehead atoms. The summed E-state index contributed by atoms with van der Waals surface area (Å²) in [7, 11) is 0. The van der Waals surface area contributed by atoms with E-state index in [1.165, 1.54) is 6.92 Å². The fourth-order valence-electron chi connectivity index (χ4n) is 2.51. The van der Waals surface area contributed by atoms with Gasteiger partial charge in [-0.3, -0.25) is 9.59 Å². The molecule has 1 atom stereocenters. The van der Waals surface area contributed by atoms with E-state index < -0.39 is 0 Å². The molecule has 2 rings (SSSR count). The minimum Gasteiger partial charge on any atom is -0.356 e. The van der Waals surface area contributed by atoms with Gasteiger partial charge in [-0.25, -0.2) is 0 Å².